The summed E-state index contributed by atoms with van der Waals surface area (Å²) in [6, 6.07) is 18.5. The molecule has 4 amide bonds. The van der Waals surface area contributed by atoms with Crippen molar-refractivity contribution in [1.29, 1.82) is 5.26 Å². The SMILES string of the molecule is COc1ccccc1NC(=O)CN1C(=O)N/C(=C/c2cc(Cl)c(OCc3ccccc3C#N)c(Br)c2)C1=O. The van der Waals surface area contributed by atoms with E-state index in [1.54, 1.807) is 54.6 Å². The van der Waals surface area contributed by atoms with Gasteiger partial charge in [-0.3, -0.25) is 9.59 Å². The largest absolute Gasteiger partial charge is 0.495 e. The van der Waals surface area contributed by atoms with Gasteiger partial charge < -0.3 is 20.1 Å². The predicted molar refractivity (Wildman–Crippen MR) is 144 cm³/mol. The molecule has 1 fully saturated rings. The number of carbonyl (C=O) groups excluding carboxylic acids is 3. The van der Waals surface area contributed by atoms with E-state index in [9.17, 15) is 19.6 Å². The summed E-state index contributed by atoms with van der Waals surface area (Å²) in [7, 11) is 1.47. The van der Waals surface area contributed by atoms with E-state index in [0.29, 0.717) is 38.3 Å². The van der Waals surface area contributed by atoms with Crippen LogP contribution in [-0.4, -0.2) is 36.4 Å². The van der Waals surface area contributed by atoms with Gasteiger partial charge in [-0.2, -0.15) is 5.26 Å². The van der Waals surface area contributed by atoms with Crippen LogP contribution in [0.25, 0.3) is 6.08 Å². The zero-order chi connectivity index (χ0) is 27.2. The molecule has 1 heterocycles. The molecule has 2 N–H and O–H groups in total. The Hall–Kier alpha value is -4.33. The third kappa shape index (κ3) is 5.96. The molecule has 1 aliphatic heterocycles. The summed E-state index contributed by atoms with van der Waals surface area (Å²) in [6.07, 6.45) is 1.45. The molecule has 0 saturated carbocycles. The Morgan fingerprint density at radius 1 is 1.18 bits per heavy atom. The maximum atomic E-state index is 12.9. The lowest BCUT2D eigenvalue weighted by Crippen LogP contribution is -2.38. The average molecular weight is 596 g/mol. The highest BCUT2D eigenvalue weighted by Crippen LogP contribution is 2.36. The van der Waals surface area contributed by atoms with Gasteiger partial charge >= 0.3 is 6.03 Å². The standard InChI is InChI=1S/C27H20BrClN4O5/c1-37-23-9-5-4-8-21(23)31-24(34)14-33-26(35)22(32-27(33)36)12-16-10-19(28)25(20(29)11-16)38-15-18-7-3-2-6-17(18)13-30/h2-12H,14-15H2,1H3,(H,31,34)(H,32,36)/b22-12+. The molecule has 0 spiro atoms. The molecule has 192 valence electrons. The number of nitrogens with one attached hydrogen (secondary N) is 2. The topological polar surface area (TPSA) is 121 Å². The average Bonchev–Trinajstić information content (AvgIpc) is 3.15. The molecule has 1 saturated heterocycles. The summed E-state index contributed by atoms with van der Waals surface area (Å²) < 4.78 is 11.5. The summed E-state index contributed by atoms with van der Waals surface area (Å²) in [5.74, 6) is -0.420. The number of anilines is 1. The van der Waals surface area contributed by atoms with Crippen LogP contribution in [0.15, 0.2) is 70.8 Å². The van der Waals surface area contributed by atoms with Gasteiger partial charge in [0.25, 0.3) is 5.91 Å². The van der Waals surface area contributed by atoms with Gasteiger partial charge in [-0.15, -0.1) is 0 Å². The van der Waals surface area contributed by atoms with Crippen molar-refractivity contribution in [1.82, 2.24) is 10.2 Å². The Bertz CT molecular complexity index is 1480. The number of halogens is 2. The number of hydrogen-bond donors (Lipinski definition) is 2. The van der Waals surface area contributed by atoms with Gasteiger partial charge in [-0.25, -0.2) is 9.69 Å². The molecule has 9 nitrogen and oxygen atoms in total. The zero-order valence-corrected chi connectivity index (χ0v) is 22.3. The van der Waals surface area contributed by atoms with Crippen LogP contribution in [0.2, 0.25) is 5.02 Å². The number of para-hydroxylation sites is 2. The summed E-state index contributed by atoms with van der Waals surface area (Å²) >= 11 is 9.85. The minimum Gasteiger partial charge on any atom is -0.495 e. The Balaban J connectivity index is 1.45. The fourth-order valence-electron chi connectivity index (χ4n) is 3.67. The first-order valence-electron chi connectivity index (χ1n) is 11.2. The molecular weight excluding hydrogens is 576 g/mol. The number of urea groups is 1. The van der Waals surface area contributed by atoms with Gasteiger partial charge in [-0.05, 0) is 57.9 Å². The second-order valence-electron chi connectivity index (χ2n) is 8.00. The van der Waals surface area contributed by atoms with Crippen LogP contribution >= 0.6 is 27.5 Å². The van der Waals surface area contributed by atoms with E-state index in [0.717, 1.165) is 4.90 Å². The lowest BCUT2D eigenvalue weighted by Gasteiger charge is -2.13. The van der Waals surface area contributed by atoms with E-state index in [1.807, 2.05) is 6.07 Å². The number of amides is 4. The number of ether oxygens (including phenoxy) is 2. The van der Waals surface area contributed by atoms with Crippen molar-refractivity contribution in [3.8, 4) is 17.6 Å². The van der Waals surface area contributed by atoms with Crippen LogP contribution in [0.5, 0.6) is 11.5 Å². The number of imide groups is 1. The molecule has 0 aromatic heterocycles. The van der Waals surface area contributed by atoms with Crippen LogP contribution in [0, 0.1) is 11.3 Å². The summed E-state index contributed by atoms with van der Waals surface area (Å²) in [5.41, 5.74) is 2.12. The molecule has 1 aliphatic rings. The molecule has 0 radical (unpaired) electrons. The minimum atomic E-state index is -0.724. The third-order valence-electron chi connectivity index (χ3n) is 5.49. The van der Waals surface area contributed by atoms with Crippen molar-refractivity contribution < 1.29 is 23.9 Å². The summed E-state index contributed by atoms with van der Waals surface area (Å²) in [6.45, 7) is -0.357. The van der Waals surface area contributed by atoms with Crippen LogP contribution < -0.4 is 20.1 Å². The Morgan fingerprint density at radius 3 is 2.66 bits per heavy atom. The van der Waals surface area contributed by atoms with Crippen LogP contribution in [0.4, 0.5) is 10.5 Å². The first kappa shape index (κ1) is 26.7. The molecule has 0 unspecified atom stereocenters. The van der Waals surface area contributed by atoms with Gasteiger partial charge in [0.15, 0.2) is 5.75 Å². The first-order chi connectivity index (χ1) is 18.3. The molecule has 0 aliphatic carbocycles. The maximum absolute atomic E-state index is 12.9. The van der Waals surface area contributed by atoms with Crippen molar-refractivity contribution in [2.75, 3.05) is 19.0 Å². The minimum absolute atomic E-state index is 0.0142. The molecule has 11 heteroatoms. The van der Waals surface area contributed by atoms with Crippen molar-refractivity contribution >= 4 is 57.1 Å². The third-order valence-corrected chi connectivity index (χ3v) is 6.36. The van der Waals surface area contributed by atoms with E-state index >= 15 is 0 Å². The van der Waals surface area contributed by atoms with Crippen molar-refractivity contribution in [2.24, 2.45) is 0 Å². The van der Waals surface area contributed by atoms with Gasteiger partial charge in [0.1, 0.15) is 24.6 Å². The smallest absolute Gasteiger partial charge is 0.329 e. The Labute approximate surface area is 231 Å². The number of methoxy groups -OCH3 is 1. The highest BCUT2D eigenvalue weighted by molar-refractivity contribution is 9.10. The molecular formula is C27H20BrClN4O5. The van der Waals surface area contributed by atoms with E-state index in [1.165, 1.54) is 13.2 Å². The van der Waals surface area contributed by atoms with Crippen LogP contribution in [0.3, 0.4) is 0 Å². The lowest BCUT2D eigenvalue weighted by atomic mass is 10.1. The first-order valence-corrected chi connectivity index (χ1v) is 12.3. The second-order valence-corrected chi connectivity index (χ2v) is 9.26. The van der Waals surface area contributed by atoms with E-state index in [2.05, 4.69) is 32.6 Å². The molecule has 38 heavy (non-hydrogen) atoms. The lowest BCUT2D eigenvalue weighted by molar-refractivity contribution is -0.127. The van der Waals surface area contributed by atoms with Crippen molar-refractivity contribution in [3.05, 3.63) is 92.5 Å². The number of benzene rings is 3. The van der Waals surface area contributed by atoms with Crippen LogP contribution in [0.1, 0.15) is 16.7 Å². The maximum Gasteiger partial charge on any atom is 0.329 e. The number of nitrogens with zero attached hydrogens (tertiary/aromatic N) is 2. The normalized spacial score (nSPS) is 13.7. The van der Waals surface area contributed by atoms with E-state index in [-0.39, 0.29) is 17.3 Å². The van der Waals surface area contributed by atoms with Gasteiger partial charge in [0.05, 0.1) is 33.9 Å². The van der Waals surface area contributed by atoms with Crippen LogP contribution in [-0.2, 0) is 16.2 Å². The molecule has 3 aromatic rings. The van der Waals surface area contributed by atoms with Crippen molar-refractivity contribution in [2.45, 2.75) is 6.61 Å². The zero-order valence-electron chi connectivity index (χ0n) is 20.0. The number of nitriles is 1. The molecule has 0 bridgehead atoms. The molecule has 4 rings (SSSR count). The van der Waals surface area contributed by atoms with E-state index < -0.39 is 24.4 Å². The quantitative estimate of drug-likeness (QED) is 0.276. The van der Waals surface area contributed by atoms with E-state index in [4.69, 9.17) is 21.1 Å². The highest BCUT2D eigenvalue weighted by atomic mass is 79.9. The molecule has 0 atom stereocenters. The Morgan fingerprint density at radius 2 is 1.92 bits per heavy atom. The monoisotopic (exact) mass is 594 g/mol. The van der Waals surface area contributed by atoms with Gasteiger partial charge in [0, 0.05) is 5.56 Å². The number of rotatable bonds is 8. The van der Waals surface area contributed by atoms with Gasteiger partial charge in [-0.1, -0.05) is 41.9 Å². The fourth-order valence-corrected chi connectivity index (χ4v) is 4.66. The van der Waals surface area contributed by atoms with Crippen molar-refractivity contribution in [3.63, 3.8) is 0 Å². The molecule has 3 aromatic carbocycles. The Kier molecular flexibility index (Phi) is 8.31. The fraction of sp³-hybridized carbons (Fsp3) is 0.111. The summed E-state index contributed by atoms with van der Waals surface area (Å²) in [5, 5.41) is 14.6. The number of carbonyl (C=O) groups is 3. The highest BCUT2D eigenvalue weighted by Gasteiger charge is 2.35. The number of hydrogen-bond acceptors (Lipinski definition) is 6. The second kappa shape index (κ2) is 11.8. The summed E-state index contributed by atoms with van der Waals surface area (Å²) in [4.78, 5) is 38.6. The van der Waals surface area contributed by atoms with Gasteiger partial charge in [0.2, 0.25) is 5.91 Å². The predicted octanol–water partition coefficient (Wildman–Crippen LogP) is 5.09.